The highest BCUT2D eigenvalue weighted by molar-refractivity contribution is 7.71. The average molecular weight is 362 g/mol. The Morgan fingerprint density at radius 2 is 1.96 bits per heavy atom. The molecule has 4 rings (SSSR count). The van der Waals surface area contributed by atoms with Crippen molar-refractivity contribution in [1.29, 1.82) is 0 Å². The molecule has 0 atom stereocenters. The summed E-state index contributed by atoms with van der Waals surface area (Å²) in [5, 5.41) is 17.3. The summed E-state index contributed by atoms with van der Waals surface area (Å²) in [6.45, 7) is 0.403. The lowest BCUT2D eigenvalue weighted by atomic mass is 10.1. The van der Waals surface area contributed by atoms with Crippen LogP contribution >= 0.6 is 12.2 Å². The van der Waals surface area contributed by atoms with Gasteiger partial charge in [-0.05, 0) is 42.0 Å². The standard InChI is InChI=1S/C19H14N4O2S/c24-18(25)14-6-3-4-12(10-14)11-23-17(21-22-19(23)26)16-9-8-13-5-1-2-7-15(13)20-16/h1-10H,11H2,(H,22,26)(H,24,25). The Morgan fingerprint density at radius 1 is 1.12 bits per heavy atom. The summed E-state index contributed by atoms with van der Waals surface area (Å²) in [6, 6.07) is 18.5. The number of aromatic carboxylic acids is 1. The van der Waals surface area contributed by atoms with E-state index < -0.39 is 5.97 Å². The molecule has 0 spiro atoms. The molecule has 4 aromatic rings. The number of fused-ring (bicyclic) bond motifs is 1. The lowest BCUT2D eigenvalue weighted by Gasteiger charge is -2.08. The molecule has 0 aliphatic heterocycles. The van der Waals surface area contributed by atoms with Gasteiger partial charge >= 0.3 is 5.97 Å². The summed E-state index contributed by atoms with van der Waals surface area (Å²) in [7, 11) is 0. The van der Waals surface area contributed by atoms with Gasteiger partial charge in [-0.25, -0.2) is 9.78 Å². The lowest BCUT2D eigenvalue weighted by molar-refractivity contribution is 0.0696. The van der Waals surface area contributed by atoms with Gasteiger partial charge in [0, 0.05) is 5.39 Å². The van der Waals surface area contributed by atoms with Crippen LogP contribution in [-0.4, -0.2) is 30.8 Å². The van der Waals surface area contributed by atoms with Crippen molar-refractivity contribution >= 4 is 29.1 Å². The lowest BCUT2D eigenvalue weighted by Crippen LogP contribution is -2.05. The van der Waals surface area contributed by atoms with Gasteiger partial charge in [-0.1, -0.05) is 36.4 Å². The Balaban J connectivity index is 1.76. The van der Waals surface area contributed by atoms with E-state index in [0.717, 1.165) is 16.5 Å². The predicted molar refractivity (Wildman–Crippen MR) is 101 cm³/mol. The number of benzene rings is 2. The topological polar surface area (TPSA) is 83.8 Å². The van der Waals surface area contributed by atoms with Crippen molar-refractivity contribution in [2.24, 2.45) is 0 Å². The summed E-state index contributed by atoms with van der Waals surface area (Å²) in [4.78, 5) is 15.8. The van der Waals surface area contributed by atoms with E-state index in [1.54, 1.807) is 18.2 Å². The maximum absolute atomic E-state index is 11.2. The smallest absolute Gasteiger partial charge is 0.335 e. The molecular weight excluding hydrogens is 348 g/mol. The molecule has 2 aromatic carbocycles. The summed E-state index contributed by atoms with van der Waals surface area (Å²) in [6.07, 6.45) is 0. The first-order chi connectivity index (χ1) is 12.6. The first kappa shape index (κ1) is 16.2. The van der Waals surface area contributed by atoms with E-state index in [-0.39, 0.29) is 5.56 Å². The van der Waals surface area contributed by atoms with Crippen LogP contribution in [0.1, 0.15) is 15.9 Å². The highest BCUT2D eigenvalue weighted by Crippen LogP contribution is 2.20. The molecule has 0 saturated carbocycles. The molecule has 0 radical (unpaired) electrons. The fourth-order valence-electron chi connectivity index (χ4n) is 2.84. The van der Waals surface area contributed by atoms with Crippen LogP contribution in [0, 0.1) is 4.77 Å². The van der Waals surface area contributed by atoms with Gasteiger partial charge in [-0.2, -0.15) is 5.10 Å². The molecule has 0 unspecified atom stereocenters. The number of H-pyrrole nitrogens is 1. The molecule has 2 aromatic heterocycles. The van der Waals surface area contributed by atoms with Gasteiger partial charge in [0.25, 0.3) is 0 Å². The number of pyridine rings is 1. The Hall–Kier alpha value is -3.32. The van der Waals surface area contributed by atoms with E-state index >= 15 is 0 Å². The second kappa shape index (κ2) is 6.53. The van der Waals surface area contributed by atoms with Crippen LogP contribution in [0.25, 0.3) is 22.4 Å². The zero-order chi connectivity index (χ0) is 18.1. The third kappa shape index (κ3) is 3.00. The largest absolute Gasteiger partial charge is 0.478 e. The Labute approximate surface area is 153 Å². The van der Waals surface area contributed by atoms with Crippen molar-refractivity contribution < 1.29 is 9.90 Å². The third-order valence-corrected chi connectivity index (χ3v) is 4.41. The number of hydrogen-bond acceptors (Lipinski definition) is 4. The summed E-state index contributed by atoms with van der Waals surface area (Å²) >= 11 is 5.35. The van der Waals surface area contributed by atoms with E-state index in [0.29, 0.717) is 22.8 Å². The summed E-state index contributed by atoms with van der Waals surface area (Å²) in [5.74, 6) is -0.347. The molecular formula is C19H14N4O2S. The molecule has 0 fully saturated rings. The minimum atomic E-state index is -0.959. The van der Waals surface area contributed by atoms with E-state index in [4.69, 9.17) is 17.3 Å². The van der Waals surface area contributed by atoms with Gasteiger partial charge in [0.15, 0.2) is 10.6 Å². The SMILES string of the molecule is O=C(O)c1cccc(Cn2c(-c3ccc4ccccc4n3)n[nH]c2=S)c1. The zero-order valence-corrected chi connectivity index (χ0v) is 14.4. The van der Waals surface area contributed by atoms with Crippen LogP contribution < -0.4 is 0 Å². The maximum atomic E-state index is 11.2. The molecule has 6 nitrogen and oxygen atoms in total. The molecule has 7 heteroatoms. The highest BCUT2D eigenvalue weighted by atomic mass is 32.1. The number of carboxylic acids is 1. The monoisotopic (exact) mass is 362 g/mol. The summed E-state index contributed by atoms with van der Waals surface area (Å²) < 4.78 is 2.27. The van der Waals surface area contributed by atoms with E-state index in [9.17, 15) is 4.79 Å². The van der Waals surface area contributed by atoms with Crippen LogP contribution in [-0.2, 0) is 6.54 Å². The van der Waals surface area contributed by atoms with Gasteiger partial charge in [0.05, 0.1) is 17.6 Å². The normalized spacial score (nSPS) is 10.9. The van der Waals surface area contributed by atoms with Gasteiger partial charge in [-0.3, -0.25) is 9.67 Å². The fraction of sp³-hybridized carbons (Fsp3) is 0.0526. The first-order valence-corrected chi connectivity index (χ1v) is 8.36. The first-order valence-electron chi connectivity index (χ1n) is 7.95. The summed E-state index contributed by atoms with van der Waals surface area (Å²) in [5.41, 5.74) is 2.64. The third-order valence-electron chi connectivity index (χ3n) is 4.10. The second-order valence-corrected chi connectivity index (χ2v) is 6.22. The molecule has 26 heavy (non-hydrogen) atoms. The number of carboxylic acid groups (broad SMARTS) is 1. The molecule has 2 N–H and O–H groups in total. The zero-order valence-electron chi connectivity index (χ0n) is 13.6. The van der Waals surface area contributed by atoms with Crippen molar-refractivity contribution in [1.82, 2.24) is 19.7 Å². The van der Waals surface area contributed by atoms with Crippen molar-refractivity contribution in [3.63, 3.8) is 0 Å². The van der Waals surface area contributed by atoms with Crippen molar-refractivity contribution in [2.45, 2.75) is 6.54 Å². The number of nitrogens with zero attached hydrogens (tertiary/aromatic N) is 3. The van der Waals surface area contributed by atoms with E-state index in [2.05, 4.69) is 15.2 Å². The Morgan fingerprint density at radius 3 is 2.81 bits per heavy atom. The van der Waals surface area contributed by atoms with Crippen LogP contribution in [0.2, 0.25) is 0 Å². The molecule has 0 aliphatic rings. The van der Waals surface area contributed by atoms with Crippen LogP contribution in [0.15, 0.2) is 60.7 Å². The molecule has 0 saturated heterocycles. The van der Waals surface area contributed by atoms with Crippen LogP contribution in [0.4, 0.5) is 0 Å². The fourth-order valence-corrected chi connectivity index (χ4v) is 3.03. The quantitative estimate of drug-likeness (QED) is 0.538. The van der Waals surface area contributed by atoms with Gasteiger partial charge in [0.2, 0.25) is 0 Å². The van der Waals surface area contributed by atoms with Gasteiger partial charge < -0.3 is 5.11 Å². The van der Waals surface area contributed by atoms with Crippen molar-refractivity contribution in [3.05, 3.63) is 76.6 Å². The minimum Gasteiger partial charge on any atom is -0.478 e. The van der Waals surface area contributed by atoms with Crippen molar-refractivity contribution in [2.75, 3.05) is 0 Å². The maximum Gasteiger partial charge on any atom is 0.335 e. The number of carbonyl (C=O) groups is 1. The highest BCUT2D eigenvalue weighted by Gasteiger charge is 2.12. The average Bonchev–Trinajstić information content (AvgIpc) is 3.02. The van der Waals surface area contributed by atoms with E-state index in [1.165, 1.54) is 0 Å². The van der Waals surface area contributed by atoms with Gasteiger partial charge in [0.1, 0.15) is 5.69 Å². The molecule has 0 bridgehead atoms. The van der Waals surface area contributed by atoms with Gasteiger partial charge in [-0.15, -0.1) is 0 Å². The molecule has 2 heterocycles. The second-order valence-electron chi connectivity index (χ2n) is 5.83. The van der Waals surface area contributed by atoms with Crippen LogP contribution in [0.5, 0.6) is 0 Å². The van der Waals surface area contributed by atoms with Crippen molar-refractivity contribution in [3.8, 4) is 11.5 Å². The molecule has 0 aliphatic carbocycles. The number of aromatic amines is 1. The van der Waals surface area contributed by atoms with E-state index in [1.807, 2.05) is 47.0 Å². The number of aromatic nitrogens is 4. The predicted octanol–water partition coefficient (Wildman–Crippen LogP) is 3.90. The Kier molecular flexibility index (Phi) is 4.06. The van der Waals surface area contributed by atoms with Crippen LogP contribution in [0.3, 0.4) is 0 Å². The number of rotatable bonds is 4. The number of para-hydroxylation sites is 1. The Bertz CT molecular complexity index is 1180. The number of nitrogens with one attached hydrogen (secondary N) is 1. The number of hydrogen-bond donors (Lipinski definition) is 2. The molecule has 0 amide bonds. The minimum absolute atomic E-state index is 0.239. The molecule has 128 valence electrons.